The minimum atomic E-state index is -3.87. The molecule has 1 aliphatic heterocycles. The van der Waals surface area contributed by atoms with E-state index in [-0.39, 0.29) is 10.8 Å². The molecule has 1 amide bonds. The minimum absolute atomic E-state index is 0.0858. The molecule has 0 saturated carbocycles. The lowest BCUT2D eigenvalue weighted by Gasteiger charge is -2.26. The average Bonchev–Trinajstić information content (AvgIpc) is 2.85. The molecule has 7 nitrogen and oxygen atoms in total. The number of rotatable bonds is 8. The molecule has 1 saturated heterocycles. The summed E-state index contributed by atoms with van der Waals surface area (Å²) in [5, 5.41) is 2.92. The van der Waals surface area contributed by atoms with Crippen molar-refractivity contribution in [1.29, 1.82) is 0 Å². The van der Waals surface area contributed by atoms with Crippen molar-refractivity contribution in [3.8, 4) is 0 Å². The Morgan fingerprint density at radius 2 is 1.67 bits per heavy atom. The number of anilines is 1. The zero-order valence-corrected chi connectivity index (χ0v) is 21.8. The summed E-state index contributed by atoms with van der Waals surface area (Å²) in [5.41, 5.74) is 5.45. The number of nitrogens with one attached hydrogen (secondary N) is 2. The zero-order chi connectivity index (χ0) is 25.7. The fraction of sp³-hybridized carbons (Fsp3) is 0.321. The van der Waals surface area contributed by atoms with Gasteiger partial charge in [-0.25, -0.2) is 8.42 Å². The number of sulfonamides is 1. The molecule has 0 atom stereocenters. The molecule has 0 aliphatic carbocycles. The Balaban J connectivity index is 1.44. The summed E-state index contributed by atoms with van der Waals surface area (Å²) >= 11 is 0. The summed E-state index contributed by atoms with van der Waals surface area (Å²) in [6.45, 7) is 10.1. The van der Waals surface area contributed by atoms with Gasteiger partial charge >= 0.3 is 0 Å². The molecule has 0 spiro atoms. The summed E-state index contributed by atoms with van der Waals surface area (Å²) in [6.07, 6.45) is 0. The van der Waals surface area contributed by atoms with Gasteiger partial charge in [-0.2, -0.15) is 0 Å². The third-order valence-electron chi connectivity index (χ3n) is 6.32. The van der Waals surface area contributed by atoms with E-state index in [0.717, 1.165) is 49.5 Å². The lowest BCUT2D eigenvalue weighted by atomic mass is 10.1. The highest BCUT2D eigenvalue weighted by molar-refractivity contribution is 7.92. The van der Waals surface area contributed by atoms with Crippen molar-refractivity contribution < 1.29 is 17.9 Å². The van der Waals surface area contributed by atoms with E-state index in [1.807, 2.05) is 38.1 Å². The number of carbonyl (C=O) groups is 1. The largest absolute Gasteiger partial charge is 0.379 e. The fourth-order valence-electron chi connectivity index (χ4n) is 4.30. The Bertz CT molecular complexity index is 1350. The van der Waals surface area contributed by atoms with Gasteiger partial charge in [0.05, 0.1) is 23.8 Å². The molecule has 3 aromatic rings. The van der Waals surface area contributed by atoms with Gasteiger partial charge in [0.2, 0.25) is 0 Å². The van der Waals surface area contributed by atoms with Crippen LogP contribution >= 0.6 is 0 Å². The molecule has 0 radical (unpaired) electrons. The van der Waals surface area contributed by atoms with Crippen molar-refractivity contribution in [2.45, 2.75) is 38.8 Å². The summed E-state index contributed by atoms with van der Waals surface area (Å²) < 4.78 is 34.4. The molecule has 1 aliphatic rings. The van der Waals surface area contributed by atoms with Crippen molar-refractivity contribution in [3.63, 3.8) is 0 Å². The van der Waals surface area contributed by atoms with Crippen LogP contribution in [0.1, 0.15) is 38.2 Å². The lowest BCUT2D eigenvalue weighted by Crippen LogP contribution is -2.35. The number of nitrogens with zero attached hydrogens (tertiary/aromatic N) is 1. The molecule has 190 valence electrons. The number of benzene rings is 3. The molecule has 4 rings (SSSR count). The monoisotopic (exact) mass is 507 g/mol. The maximum absolute atomic E-state index is 13.2. The molecule has 1 fully saturated rings. The van der Waals surface area contributed by atoms with Crippen molar-refractivity contribution in [2.24, 2.45) is 0 Å². The van der Waals surface area contributed by atoms with E-state index in [0.29, 0.717) is 23.4 Å². The second kappa shape index (κ2) is 11.2. The van der Waals surface area contributed by atoms with Crippen molar-refractivity contribution in [1.82, 2.24) is 10.2 Å². The molecule has 36 heavy (non-hydrogen) atoms. The first kappa shape index (κ1) is 25.9. The number of ether oxygens (including phenoxy) is 1. The van der Waals surface area contributed by atoms with Gasteiger partial charge in [0, 0.05) is 31.7 Å². The Morgan fingerprint density at radius 3 is 2.42 bits per heavy atom. The highest BCUT2D eigenvalue weighted by Crippen LogP contribution is 2.24. The van der Waals surface area contributed by atoms with Crippen LogP contribution in [0.2, 0.25) is 0 Å². The van der Waals surface area contributed by atoms with Crippen LogP contribution in [0.25, 0.3) is 0 Å². The van der Waals surface area contributed by atoms with E-state index in [4.69, 9.17) is 4.74 Å². The van der Waals surface area contributed by atoms with Crippen LogP contribution in [0.4, 0.5) is 5.69 Å². The van der Waals surface area contributed by atoms with Crippen molar-refractivity contribution in [2.75, 3.05) is 31.0 Å². The second-order valence-electron chi connectivity index (χ2n) is 9.30. The summed E-state index contributed by atoms with van der Waals surface area (Å²) in [5.74, 6) is -0.323. The van der Waals surface area contributed by atoms with Gasteiger partial charge in [0.1, 0.15) is 0 Å². The molecule has 0 aromatic heterocycles. The molecule has 8 heteroatoms. The summed E-state index contributed by atoms with van der Waals surface area (Å²) in [4.78, 5) is 15.3. The van der Waals surface area contributed by atoms with Gasteiger partial charge in [-0.3, -0.25) is 14.4 Å². The predicted molar refractivity (Wildman–Crippen MR) is 142 cm³/mol. The first-order chi connectivity index (χ1) is 17.2. The topological polar surface area (TPSA) is 87.7 Å². The third-order valence-corrected chi connectivity index (χ3v) is 7.83. The highest BCUT2D eigenvalue weighted by atomic mass is 32.2. The Kier molecular flexibility index (Phi) is 8.08. The standard InChI is InChI=1S/C28H33N3O4S/c1-20-7-10-26(22(3)15-20)30-36(33,34)27-17-25(9-8-21(27)2)28(32)29-18-23-5-4-6-24(16-23)19-31-11-13-35-14-12-31/h4-10,15-17,30H,11-14,18-19H2,1-3H3,(H,29,32). The first-order valence-corrected chi connectivity index (χ1v) is 13.6. The van der Waals surface area contributed by atoms with Crippen molar-refractivity contribution >= 4 is 21.6 Å². The third kappa shape index (κ3) is 6.51. The highest BCUT2D eigenvalue weighted by Gasteiger charge is 2.20. The Morgan fingerprint density at radius 1 is 0.917 bits per heavy atom. The molecule has 2 N–H and O–H groups in total. The normalized spacial score (nSPS) is 14.4. The zero-order valence-electron chi connectivity index (χ0n) is 21.0. The molecule has 3 aromatic carbocycles. The van der Waals surface area contributed by atoms with Crippen LogP contribution in [-0.2, 0) is 27.8 Å². The Hall–Kier alpha value is -3.20. The van der Waals surface area contributed by atoms with Crippen LogP contribution < -0.4 is 10.0 Å². The lowest BCUT2D eigenvalue weighted by molar-refractivity contribution is 0.0342. The number of carbonyl (C=O) groups excluding carboxylic acids is 1. The van der Waals surface area contributed by atoms with Crippen LogP contribution in [0.15, 0.2) is 65.6 Å². The van der Waals surface area contributed by atoms with Crippen LogP contribution in [0, 0.1) is 20.8 Å². The average molecular weight is 508 g/mol. The van der Waals surface area contributed by atoms with E-state index in [1.54, 1.807) is 25.1 Å². The van der Waals surface area contributed by atoms with Crippen LogP contribution in [-0.4, -0.2) is 45.5 Å². The van der Waals surface area contributed by atoms with E-state index in [1.165, 1.54) is 11.6 Å². The molecule has 0 bridgehead atoms. The fourth-order valence-corrected chi connectivity index (χ4v) is 5.70. The molecular weight excluding hydrogens is 474 g/mol. The van der Waals surface area contributed by atoms with Crippen LogP contribution in [0.3, 0.4) is 0 Å². The maximum atomic E-state index is 13.2. The van der Waals surface area contributed by atoms with Gasteiger partial charge in [-0.1, -0.05) is 48.0 Å². The quantitative estimate of drug-likeness (QED) is 0.478. The SMILES string of the molecule is Cc1ccc(NS(=O)(=O)c2cc(C(=O)NCc3cccc(CN4CCOCC4)c3)ccc2C)c(C)c1. The number of aryl methyl sites for hydroxylation is 3. The minimum Gasteiger partial charge on any atom is -0.379 e. The van der Waals surface area contributed by atoms with Crippen LogP contribution in [0.5, 0.6) is 0 Å². The van der Waals surface area contributed by atoms with Gasteiger partial charge in [0.15, 0.2) is 0 Å². The molecule has 1 heterocycles. The summed E-state index contributed by atoms with van der Waals surface area (Å²) in [6, 6.07) is 18.4. The Labute approximate surface area is 213 Å². The molecular formula is C28H33N3O4S. The van der Waals surface area contributed by atoms with E-state index >= 15 is 0 Å². The van der Waals surface area contributed by atoms with E-state index < -0.39 is 10.0 Å². The maximum Gasteiger partial charge on any atom is 0.262 e. The van der Waals surface area contributed by atoms with Crippen molar-refractivity contribution in [3.05, 3.63) is 94.0 Å². The van der Waals surface area contributed by atoms with Gasteiger partial charge in [-0.05, 0) is 61.2 Å². The van der Waals surface area contributed by atoms with Gasteiger partial charge in [-0.15, -0.1) is 0 Å². The number of hydrogen-bond donors (Lipinski definition) is 2. The number of amides is 1. The van der Waals surface area contributed by atoms with Gasteiger partial charge < -0.3 is 10.1 Å². The number of hydrogen-bond acceptors (Lipinski definition) is 5. The van der Waals surface area contributed by atoms with E-state index in [2.05, 4.69) is 27.1 Å². The smallest absolute Gasteiger partial charge is 0.262 e. The predicted octanol–water partition coefficient (Wildman–Crippen LogP) is 4.17. The molecule has 0 unspecified atom stereocenters. The first-order valence-electron chi connectivity index (χ1n) is 12.1. The summed E-state index contributed by atoms with van der Waals surface area (Å²) in [7, 11) is -3.87. The van der Waals surface area contributed by atoms with E-state index in [9.17, 15) is 13.2 Å². The second-order valence-corrected chi connectivity index (χ2v) is 10.9. The number of morpholine rings is 1. The van der Waals surface area contributed by atoms with Gasteiger partial charge in [0.25, 0.3) is 15.9 Å².